The molecular formula is C17H16ClN5O2. The number of pyridine rings is 1. The smallest absolute Gasteiger partial charge is 0.294 e. The van der Waals surface area contributed by atoms with Crippen LogP contribution in [0.15, 0.2) is 42.6 Å². The molecule has 3 heterocycles. The van der Waals surface area contributed by atoms with E-state index < -0.39 is 0 Å². The lowest BCUT2D eigenvalue weighted by molar-refractivity contribution is -0.384. The number of halogens is 1. The fraction of sp³-hybridized carbons (Fsp3) is 0.294. The van der Waals surface area contributed by atoms with E-state index >= 15 is 0 Å². The van der Waals surface area contributed by atoms with Crippen LogP contribution < -0.4 is 4.90 Å². The van der Waals surface area contributed by atoms with Gasteiger partial charge in [-0.05, 0) is 37.1 Å². The lowest BCUT2D eigenvalue weighted by Crippen LogP contribution is -2.35. The highest BCUT2D eigenvalue weighted by atomic mass is 35.5. The van der Waals surface area contributed by atoms with Crippen LogP contribution >= 0.6 is 11.6 Å². The van der Waals surface area contributed by atoms with E-state index in [0.29, 0.717) is 17.3 Å². The first-order valence-corrected chi connectivity index (χ1v) is 8.50. The number of anilines is 1. The maximum absolute atomic E-state index is 11.4. The van der Waals surface area contributed by atoms with E-state index in [-0.39, 0.29) is 16.5 Å². The first-order chi connectivity index (χ1) is 12.1. The molecule has 1 saturated heterocycles. The van der Waals surface area contributed by atoms with E-state index in [9.17, 15) is 10.1 Å². The highest BCUT2D eigenvalue weighted by Gasteiger charge is 2.29. The summed E-state index contributed by atoms with van der Waals surface area (Å²) in [5.74, 6) is 1.07. The molecule has 25 heavy (non-hydrogen) atoms. The van der Waals surface area contributed by atoms with Crippen molar-refractivity contribution in [3.63, 3.8) is 0 Å². The van der Waals surface area contributed by atoms with E-state index in [1.54, 1.807) is 12.1 Å². The Morgan fingerprint density at radius 2 is 2.12 bits per heavy atom. The zero-order chi connectivity index (χ0) is 17.4. The Bertz CT molecular complexity index is 942. The summed E-state index contributed by atoms with van der Waals surface area (Å²) in [5, 5.41) is 20.3. The van der Waals surface area contributed by atoms with Gasteiger partial charge in [0.1, 0.15) is 11.5 Å². The number of piperidine rings is 1. The van der Waals surface area contributed by atoms with Gasteiger partial charge in [-0.3, -0.25) is 14.5 Å². The van der Waals surface area contributed by atoms with Crippen LogP contribution in [-0.2, 0) is 0 Å². The molecule has 8 heteroatoms. The van der Waals surface area contributed by atoms with Gasteiger partial charge in [-0.2, -0.15) is 0 Å². The summed E-state index contributed by atoms with van der Waals surface area (Å²) in [6.07, 6.45) is 3.87. The number of fused-ring (bicyclic) bond motifs is 1. The molecule has 4 rings (SSSR count). The van der Waals surface area contributed by atoms with Crippen LogP contribution in [-0.4, -0.2) is 32.6 Å². The lowest BCUT2D eigenvalue weighted by atomic mass is 9.96. The van der Waals surface area contributed by atoms with Gasteiger partial charge in [0.15, 0.2) is 5.65 Å². The Balaban J connectivity index is 1.67. The Hall–Kier alpha value is -2.67. The SMILES string of the molecule is O=[N+]([O-])c1cc(Cl)ccc1N1CCCC(c2nnc3ccccn23)C1. The van der Waals surface area contributed by atoms with E-state index in [2.05, 4.69) is 10.2 Å². The van der Waals surface area contributed by atoms with Crippen LogP contribution in [0.4, 0.5) is 11.4 Å². The van der Waals surface area contributed by atoms with Crippen molar-refractivity contribution in [3.8, 4) is 0 Å². The van der Waals surface area contributed by atoms with Gasteiger partial charge in [0, 0.05) is 36.3 Å². The molecule has 1 aliphatic rings. The zero-order valence-corrected chi connectivity index (χ0v) is 14.1. The van der Waals surface area contributed by atoms with Gasteiger partial charge in [-0.15, -0.1) is 10.2 Å². The van der Waals surface area contributed by atoms with Gasteiger partial charge >= 0.3 is 0 Å². The predicted molar refractivity (Wildman–Crippen MR) is 95.3 cm³/mol. The second-order valence-corrected chi connectivity index (χ2v) is 6.60. The fourth-order valence-corrected chi connectivity index (χ4v) is 3.62. The molecule has 0 aliphatic carbocycles. The van der Waals surface area contributed by atoms with Crippen LogP contribution in [0.2, 0.25) is 5.02 Å². The van der Waals surface area contributed by atoms with E-state index in [4.69, 9.17) is 11.6 Å². The summed E-state index contributed by atoms with van der Waals surface area (Å²) in [4.78, 5) is 13.1. The Kier molecular flexibility index (Phi) is 4.01. The molecule has 1 unspecified atom stereocenters. The Morgan fingerprint density at radius 1 is 1.24 bits per heavy atom. The molecular weight excluding hydrogens is 342 g/mol. The summed E-state index contributed by atoms with van der Waals surface area (Å²) in [5.41, 5.74) is 1.46. The number of hydrogen-bond acceptors (Lipinski definition) is 5. The maximum Gasteiger partial charge on any atom is 0.294 e. The molecule has 128 valence electrons. The summed E-state index contributed by atoms with van der Waals surface area (Å²) in [6.45, 7) is 1.44. The number of benzene rings is 1. The van der Waals surface area contributed by atoms with Gasteiger partial charge in [0.05, 0.1) is 4.92 Å². The van der Waals surface area contributed by atoms with Crippen molar-refractivity contribution in [2.24, 2.45) is 0 Å². The van der Waals surface area contributed by atoms with Gasteiger partial charge in [0.2, 0.25) is 0 Å². The van der Waals surface area contributed by atoms with Crippen molar-refractivity contribution in [3.05, 3.63) is 63.6 Å². The standard InChI is InChI=1S/C17H16ClN5O2/c18-13-6-7-14(15(10-13)23(24)25)21-8-3-4-12(11-21)17-20-19-16-5-1-2-9-22(16)17/h1-2,5-7,9-10,12H,3-4,8,11H2. The third-order valence-electron chi connectivity index (χ3n) is 4.60. The topological polar surface area (TPSA) is 76.6 Å². The number of hydrogen-bond donors (Lipinski definition) is 0. The molecule has 2 aromatic heterocycles. The molecule has 0 N–H and O–H groups in total. The van der Waals surface area contributed by atoms with Crippen LogP contribution in [0.1, 0.15) is 24.6 Å². The summed E-state index contributed by atoms with van der Waals surface area (Å²) in [7, 11) is 0. The molecule has 0 saturated carbocycles. The van der Waals surface area contributed by atoms with Crippen molar-refractivity contribution in [1.29, 1.82) is 0 Å². The van der Waals surface area contributed by atoms with Crippen LogP contribution in [0.25, 0.3) is 5.65 Å². The van der Waals surface area contributed by atoms with Gasteiger partial charge < -0.3 is 4.90 Å². The fourth-order valence-electron chi connectivity index (χ4n) is 3.46. The van der Waals surface area contributed by atoms with Gasteiger partial charge in [-0.1, -0.05) is 17.7 Å². The average Bonchev–Trinajstić information content (AvgIpc) is 3.06. The molecule has 0 spiro atoms. The monoisotopic (exact) mass is 357 g/mol. The van der Waals surface area contributed by atoms with E-state index in [0.717, 1.165) is 30.9 Å². The minimum atomic E-state index is -0.378. The normalized spacial score (nSPS) is 17.8. The van der Waals surface area contributed by atoms with E-state index in [1.165, 1.54) is 6.07 Å². The van der Waals surface area contributed by atoms with Crippen LogP contribution in [0.3, 0.4) is 0 Å². The zero-order valence-electron chi connectivity index (χ0n) is 13.4. The second kappa shape index (κ2) is 6.33. The summed E-state index contributed by atoms with van der Waals surface area (Å²) >= 11 is 5.93. The number of rotatable bonds is 3. The first-order valence-electron chi connectivity index (χ1n) is 8.12. The summed E-state index contributed by atoms with van der Waals surface area (Å²) in [6, 6.07) is 10.6. The largest absolute Gasteiger partial charge is 0.365 e. The number of aromatic nitrogens is 3. The first kappa shape index (κ1) is 15.8. The molecule has 1 aromatic carbocycles. The van der Waals surface area contributed by atoms with Gasteiger partial charge in [-0.25, -0.2) is 0 Å². The Morgan fingerprint density at radius 3 is 2.96 bits per heavy atom. The molecule has 3 aromatic rings. The van der Waals surface area contributed by atoms with Crippen molar-refractivity contribution in [2.45, 2.75) is 18.8 Å². The minimum Gasteiger partial charge on any atom is -0.365 e. The number of nitro groups is 1. The van der Waals surface area contributed by atoms with Crippen molar-refractivity contribution in [1.82, 2.24) is 14.6 Å². The quantitative estimate of drug-likeness (QED) is 0.528. The highest BCUT2D eigenvalue weighted by molar-refractivity contribution is 6.30. The minimum absolute atomic E-state index is 0.0410. The average molecular weight is 358 g/mol. The van der Waals surface area contributed by atoms with Gasteiger partial charge in [0.25, 0.3) is 5.69 Å². The predicted octanol–water partition coefficient (Wildman–Crippen LogP) is 3.67. The van der Waals surface area contributed by atoms with Crippen molar-refractivity contribution >= 4 is 28.6 Å². The second-order valence-electron chi connectivity index (χ2n) is 6.16. The molecule has 1 atom stereocenters. The number of nitro benzene ring substituents is 1. The Labute approximate surface area is 149 Å². The molecule has 0 amide bonds. The molecule has 1 fully saturated rings. The number of nitrogens with zero attached hydrogens (tertiary/aromatic N) is 5. The summed E-state index contributed by atoms with van der Waals surface area (Å²) < 4.78 is 1.99. The van der Waals surface area contributed by atoms with Crippen molar-refractivity contribution in [2.75, 3.05) is 18.0 Å². The van der Waals surface area contributed by atoms with Crippen molar-refractivity contribution < 1.29 is 4.92 Å². The highest BCUT2D eigenvalue weighted by Crippen LogP contribution is 2.35. The van der Waals surface area contributed by atoms with E-state index in [1.807, 2.05) is 33.7 Å². The third-order valence-corrected chi connectivity index (χ3v) is 4.84. The third kappa shape index (κ3) is 2.91. The maximum atomic E-state index is 11.4. The molecule has 0 radical (unpaired) electrons. The lowest BCUT2D eigenvalue weighted by Gasteiger charge is -2.33. The molecule has 0 bridgehead atoms. The van der Waals surface area contributed by atoms with Crippen LogP contribution in [0, 0.1) is 10.1 Å². The van der Waals surface area contributed by atoms with Crippen LogP contribution in [0.5, 0.6) is 0 Å². The molecule has 1 aliphatic heterocycles. The molecule has 7 nitrogen and oxygen atoms in total.